The number of nitro groups is 1. The molecule has 2 N–H and O–H groups in total. The molecule has 3 atom stereocenters. The summed E-state index contributed by atoms with van der Waals surface area (Å²) in [5.41, 5.74) is 6.84. The summed E-state index contributed by atoms with van der Waals surface area (Å²) in [5.74, 6) is 1.34. The van der Waals surface area contributed by atoms with Gasteiger partial charge >= 0.3 is 5.69 Å². The Morgan fingerprint density at radius 1 is 1.40 bits per heavy atom. The Labute approximate surface area is 117 Å². The number of benzene rings is 1. The molecule has 20 heavy (non-hydrogen) atoms. The molecule has 1 heterocycles. The first-order valence-electron chi connectivity index (χ1n) is 6.93. The summed E-state index contributed by atoms with van der Waals surface area (Å²) in [7, 11) is 1.46. The van der Waals surface area contributed by atoms with Crippen LogP contribution in [0.15, 0.2) is 18.2 Å². The first-order chi connectivity index (χ1) is 9.61. The van der Waals surface area contributed by atoms with Gasteiger partial charge in [-0.1, -0.05) is 6.07 Å². The van der Waals surface area contributed by atoms with Gasteiger partial charge in [0.1, 0.15) is 5.69 Å². The van der Waals surface area contributed by atoms with Gasteiger partial charge in [-0.15, -0.1) is 0 Å². The molecule has 1 saturated heterocycles. The predicted molar refractivity (Wildman–Crippen MR) is 76.1 cm³/mol. The number of rotatable bonds is 3. The summed E-state index contributed by atoms with van der Waals surface area (Å²) >= 11 is 0. The fourth-order valence-electron chi connectivity index (χ4n) is 3.62. The molecular weight excluding hydrogens is 258 g/mol. The standard InChI is InChI=1S/C14H19N3O3/c1-20-13-4-2-3-12(14(13)17(18)19)16-7-9-5-6-11(15)10(9)8-16/h2-4,9-11H,5-8,15H2,1H3. The highest BCUT2D eigenvalue weighted by atomic mass is 16.6. The molecule has 1 saturated carbocycles. The molecule has 6 heteroatoms. The zero-order valence-electron chi connectivity index (χ0n) is 11.5. The normalized spacial score (nSPS) is 28.5. The molecule has 2 fully saturated rings. The highest BCUT2D eigenvalue weighted by Crippen LogP contribution is 2.43. The molecular formula is C14H19N3O3. The van der Waals surface area contributed by atoms with E-state index in [0.717, 1.165) is 25.9 Å². The van der Waals surface area contributed by atoms with Crippen LogP contribution in [0.25, 0.3) is 0 Å². The maximum Gasteiger partial charge on any atom is 0.333 e. The Hall–Kier alpha value is -1.82. The maximum atomic E-state index is 11.3. The van der Waals surface area contributed by atoms with Crippen LogP contribution in [-0.2, 0) is 0 Å². The lowest BCUT2D eigenvalue weighted by Gasteiger charge is -2.21. The molecule has 0 aromatic heterocycles. The first-order valence-corrected chi connectivity index (χ1v) is 6.93. The summed E-state index contributed by atoms with van der Waals surface area (Å²) in [4.78, 5) is 13.1. The number of para-hydroxylation sites is 1. The van der Waals surface area contributed by atoms with Crippen molar-refractivity contribution < 1.29 is 9.66 Å². The minimum atomic E-state index is -0.359. The van der Waals surface area contributed by atoms with Crippen molar-refractivity contribution in [3.05, 3.63) is 28.3 Å². The van der Waals surface area contributed by atoms with Gasteiger partial charge in [-0.3, -0.25) is 10.1 Å². The van der Waals surface area contributed by atoms with Gasteiger partial charge in [0, 0.05) is 19.1 Å². The minimum absolute atomic E-state index is 0.0588. The minimum Gasteiger partial charge on any atom is -0.490 e. The van der Waals surface area contributed by atoms with Crippen LogP contribution in [0.3, 0.4) is 0 Å². The molecule has 108 valence electrons. The Balaban J connectivity index is 1.93. The summed E-state index contributed by atoms with van der Waals surface area (Å²) in [5, 5.41) is 11.3. The van der Waals surface area contributed by atoms with E-state index in [-0.39, 0.29) is 16.7 Å². The summed E-state index contributed by atoms with van der Waals surface area (Å²) in [6.07, 6.45) is 2.20. The largest absolute Gasteiger partial charge is 0.490 e. The summed E-state index contributed by atoms with van der Waals surface area (Å²) in [6.45, 7) is 1.66. The van der Waals surface area contributed by atoms with Crippen LogP contribution >= 0.6 is 0 Å². The van der Waals surface area contributed by atoms with Gasteiger partial charge in [-0.2, -0.15) is 0 Å². The average Bonchev–Trinajstić information content (AvgIpc) is 3.00. The van der Waals surface area contributed by atoms with Crippen LogP contribution in [0.2, 0.25) is 0 Å². The van der Waals surface area contributed by atoms with E-state index in [1.165, 1.54) is 7.11 Å². The van der Waals surface area contributed by atoms with Gasteiger partial charge in [0.15, 0.2) is 5.75 Å². The van der Waals surface area contributed by atoms with E-state index < -0.39 is 0 Å². The van der Waals surface area contributed by atoms with E-state index in [1.807, 2.05) is 0 Å². The third kappa shape index (κ3) is 2.00. The molecule has 0 spiro atoms. The van der Waals surface area contributed by atoms with Crippen molar-refractivity contribution in [1.29, 1.82) is 0 Å². The third-order valence-electron chi connectivity index (χ3n) is 4.63. The second kappa shape index (κ2) is 4.94. The number of nitrogens with zero attached hydrogens (tertiary/aromatic N) is 2. The average molecular weight is 277 g/mol. The Morgan fingerprint density at radius 3 is 2.85 bits per heavy atom. The molecule has 1 aromatic rings. The predicted octanol–water partition coefficient (Wildman–Crippen LogP) is 1.78. The van der Waals surface area contributed by atoms with Gasteiger partial charge in [-0.05, 0) is 36.8 Å². The van der Waals surface area contributed by atoms with Gasteiger partial charge < -0.3 is 15.4 Å². The number of nitrogens with two attached hydrogens (primary N) is 1. The molecule has 1 aliphatic heterocycles. The van der Waals surface area contributed by atoms with E-state index in [4.69, 9.17) is 10.5 Å². The lowest BCUT2D eigenvalue weighted by atomic mass is 9.98. The van der Waals surface area contributed by atoms with Crippen LogP contribution in [0.4, 0.5) is 11.4 Å². The number of methoxy groups -OCH3 is 1. The highest BCUT2D eigenvalue weighted by molar-refractivity contribution is 5.70. The fourth-order valence-corrected chi connectivity index (χ4v) is 3.62. The number of ether oxygens (including phenoxy) is 1. The molecule has 6 nitrogen and oxygen atoms in total. The topological polar surface area (TPSA) is 81.6 Å². The van der Waals surface area contributed by atoms with Gasteiger partial charge in [-0.25, -0.2) is 0 Å². The van der Waals surface area contributed by atoms with Crippen molar-refractivity contribution in [3.63, 3.8) is 0 Å². The van der Waals surface area contributed by atoms with E-state index in [0.29, 0.717) is 23.3 Å². The number of hydrogen-bond acceptors (Lipinski definition) is 5. The van der Waals surface area contributed by atoms with E-state index >= 15 is 0 Å². The second-order valence-electron chi connectivity index (χ2n) is 5.66. The highest BCUT2D eigenvalue weighted by Gasteiger charge is 2.42. The second-order valence-corrected chi connectivity index (χ2v) is 5.66. The molecule has 0 amide bonds. The zero-order valence-corrected chi connectivity index (χ0v) is 11.5. The van der Waals surface area contributed by atoms with Crippen LogP contribution in [0, 0.1) is 22.0 Å². The summed E-state index contributed by atoms with van der Waals surface area (Å²) in [6, 6.07) is 5.46. The number of nitro benzene ring substituents is 1. The van der Waals surface area contributed by atoms with Crippen molar-refractivity contribution in [2.75, 3.05) is 25.1 Å². The lowest BCUT2D eigenvalue weighted by molar-refractivity contribution is -0.385. The van der Waals surface area contributed by atoms with E-state index in [1.54, 1.807) is 18.2 Å². The third-order valence-corrected chi connectivity index (χ3v) is 4.63. The lowest BCUT2D eigenvalue weighted by Crippen LogP contribution is -2.30. The van der Waals surface area contributed by atoms with Crippen molar-refractivity contribution >= 4 is 11.4 Å². The number of hydrogen-bond donors (Lipinski definition) is 1. The van der Waals surface area contributed by atoms with Crippen molar-refractivity contribution in [2.45, 2.75) is 18.9 Å². The monoisotopic (exact) mass is 277 g/mol. The van der Waals surface area contributed by atoms with Crippen LogP contribution < -0.4 is 15.4 Å². The zero-order chi connectivity index (χ0) is 14.3. The van der Waals surface area contributed by atoms with Crippen LogP contribution in [0.5, 0.6) is 5.75 Å². The number of fused-ring (bicyclic) bond motifs is 1. The van der Waals surface area contributed by atoms with Gasteiger partial charge in [0.05, 0.1) is 12.0 Å². The molecule has 1 aromatic carbocycles. The van der Waals surface area contributed by atoms with Gasteiger partial charge in [0.2, 0.25) is 0 Å². The maximum absolute atomic E-state index is 11.3. The van der Waals surface area contributed by atoms with E-state index in [9.17, 15) is 10.1 Å². The summed E-state index contributed by atoms with van der Waals surface area (Å²) < 4.78 is 5.13. The molecule has 1 aliphatic carbocycles. The molecule has 3 unspecified atom stereocenters. The molecule has 0 bridgehead atoms. The van der Waals surface area contributed by atoms with Crippen LogP contribution in [-0.4, -0.2) is 31.2 Å². The molecule has 0 radical (unpaired) electrons. The Kier molecular flexibility index (Phi) is 3.25. The van der Waals surface area contributed by atoms with Gasteiger partial charge in [0.25, 0.3) is 0 Å². The molecule has 3 rings (SSSR count). The van der Waals surface area contributed by atoms with E-state index in [2.05, 4.69) is 4.90 Å². The quantitative estimate of drug-likeness (QED) is 0.672. The van der Waals surface area contributed by atoms with Crippen molar-refractivity contribution in [2.24, 2.45) is 17.6 Å². The number of anilines is 1. The fraction of sp³-hybridized carbons (Fsp3) is 0.571. The SMILES string of the molecule is COc1cccc(N2CC3CCC(N)C3C2)c1[N+](=O)[O-]. The van der Waals surface area contributed by atoms with Crippen molar-refractivity contribution in [1.82, 2.24) is 0 Å². The smallest absolute Gasteiger partial charge is 0.333 e. The van der Waals surface area contributed by atoms with Crippen molar-refractivity contribution in [3.8, 4) is 5.75 Å². The Morgan fingerprint density at radius 2 is 2.20 bits per heavy atom. The van der Waals surface area contributed by atoms with Crippen LogP contribution in [0.1, 0.15) is 12.8 Å². The molecule has 2 aliphatic rings. The first kappa shape index (κ1) is 13.2. The Bertz CT molecular complexity index is 534.